The third kappa shape index (κ3) is 2.47. The van der Waals surface area contributed by atoms with Crippen LogP contribution >= 0.6 is 11.8 Å². The molecule has 0 bridgehead atoms. The standard InChI is InChI=1S/C14H17N3O2S/c1-10-3-4-13(19-10)14(18)17-5-6-20-9-12(17)11-7-15-16(2)8-11/h3-4,7-8,12H,5-6,9H2,1-2H3. The van der Waals surface area contributed by atoms with Crippen LogP contribution in [0.1, 0.15) is 27.9 Å². The summed E-state index contributed by atoms with van der Waals surface area (Å²) in [5.74, 6) is 3.01. The summed E-state index contributed by atoms with van der Waals surface area (Å²) in [7, 11) is 1.89. The fourth-order valence-electron chi connectivity index (χ4n) is 2.43. The third-order valence-corrected chi connectivity index (χ3v) is 4.47. The Morgan fingerprint density at radius 3 is 3.00 bits per heavy atom. The van der Waals surface area contributed by atoms with Gasteiger partial charge in [0.05, 0.1) is 12.2 Å². The molecule has 20 heavy (non-hydrogen) atoms. The summed E-state index contributed by atoms with van der Waals surface area (Å²) in [6.07, 6.45) is 3.81. The highest BCUT2D eigenvalue weighted by Gasteiger charge is 2.31. The van der Waals surface area contributed by atoms with Gasteiger partial charge in [-0.1, -0.05) is 0 Å². The summed E-state index contributed by atoms with van der Waals surface area (Å²) < 4.78 is 7.24. The number of aryl methyl sites for hydroxylation is 2. The topological polar surface area (TPSA) is 51.3 Å². The lowest BCUT2D eigenvalue weighted by molar-refractivity contribution is 0.0667. The largest absolute Gasteiger partial charge is 0.456 e. The van der Waals surface area contributed by atoms with Gasteiger partial charge in [0, 0.05) is 36.9 Å². The van der Waals surface area contributed by atoms with Crippen molar-refractivity contribution in [3.8, 4) is 0 Å². The normalized spacial score (nSPS) is 19.3. The van der Waals surface area contributed by atoms with Gasteiger partial charge in [-0.25, -0.2) is 0 Å². The van der Waals surface area contributed by atoms with Gasteiger partial charge in [0.2, 0.25) is 0 Å². The lowest BCUT2D eigenvalue weighted by Gasteiger charge is -2.34. The number of carbonyl (C=O) groups excluding carboxylic acids is 1. The second-order valence-corrected chi connectivity index (χ2v) is 6.10. The van der Waals surface area contributed by atoms with Crippen LogP contribution in [-0.2, 0) is 7.05 Å². The predicted molar refractivity (Wildman–Crippen MR) is 77.8 cm³/mol. The van der Waals surface area contributed by atoms with E-state index in [0.29, 0.717) is 5.76 Å². The van der Waals surface area contributed by atoms with Crippen molar-refractivity contribution in [2.24, 2.45) is 7.05 Å². The Kier molecular flexibility index (Phi) is 3.56. The van der Waals surface area contributed by atoms with Gasteiger partial charge in [-0.2, -0.15) is 16.9 Å². The molecule has 1 aliphatic rings. The molecule has 3 heterocycles. The van der Waals surface area contributed by atoms with E-state index in [9.17, 15) is 4.79 Å². The van der Waals surface area contributed by atoms with E-state index in [0.717, 1.165) is 29.4 Å². The molecule has 5 nitrogen and oxygen atoms in total. The molecule has 1 amide bonds. The van der Waals surface area contributed by atoms with Gasteiger partial charge in [-0.05, 0) is 19.1 Å². The lowest BCUT2D eigenvalue weighted by atomic mass is 10.1. The molecule has 1 unspecified atom stereocenters. The quantitative estimate of drug-likeness (QED) is 0.851. The molecular formula is C14H17N3O2S. The Morgan fingerprint density at radius 2 is 2.35 bits per heavy atom. The van der Waals surface area contributed by atoms with Gasteiger partial charge < -0.3 is 9.32 Å². The first-order valence-corrected chi connectivity index (χ1v) is 7.74. The molecule has 2 aromatic heterocycles. The van der Waals surface area contributed by atoms with Crippen LogP contribution in [0.2, 0.25) is 0 Å². The number of carbonyl (C=O) groups is 1. The van der Waals surface area contributed by atoms with Crippen LogP contribution in [0.25, 0.3) is 0 Å². The summed E-state index contributed by atoms with van der Waals surface area (Å²) in [5.41, 5.74) is 1.08. The molecule has 0 saturated carbocycles. The van der Waals surface area contributed by atoms with Crippen LogP contribution in [0, 0.1) is 6.92 Å². The Hall–Kier alpha value is -1.69. The first kappa shape index (κ1) is 13.3. The fourth-order valence-corrected chi connectivity index (χ4v) is 3.51. The second kappa shape index (κ2) is 5.36. The van der Waals surface area contributed by atoms with Gasteiger partial charge in [0.25, 0.3) is 5.91 Å². The summed E-state index contributed by atoms with van der Waals surface area (Å²) in [6.45, 7) is 2.59. The van der Waals surface area contributed by atoms with Gasteiger partial charge in [0.15, 0.2) is 5.76 Å². The van der Waals surface area contributed by atoms with Crippen molar-refractivity contribution >= 4 is 17.7 Å². The van der Waals surface area contributed by atoms with Crippen LogP contribution in [0.3, 0.4) is 0 Å². The summed E-state index contributed by atoms with van der Waals surface area (Å²) in [6, 6.07) is 3.64. The summed E-state index contributed by atoms with van der Waals surface area (Å²) >= 11 is 1.87. The Labute approximate surface area is 121 Å². The zero-order valence-electron chi connectivity index (χ0n) is 11.6. The van der Waals surface area contributed by atoms with E-state index in [2.05, 4.69) is 5.10 Å². The minimum Gasteiger partial charge on any atom is -0.456 e. The highest BCUT2D eigenvalue weighted by Crippen LogP contribution is 2.30. The van der Waals surface area contributed by atoms with E-state index < -0.39 is 0 Å². The molecule has 0 aliphatic carbocycles. The SMILES string of the molecule is Cc1ccc(C(=O)N2CCSCC2c2cnn(C)c2)o1. The highest BCUT2D eigenvalue weighted by atomic mass is 32.2. The molecule has 3 rings (SSSR count). The van der Waals surface area contributed by atoms with Crippen molar-refractivity contribution < 1.29 is 9.21 Å². The number of amides is 1. The van der Waals surface area contributed by atoms with E-state index in [4.69, 9.17) is 4.42 Å². The number of nitrogens with zero attached hydrogens (tertiary/aromatic N) is 3. The first-order valence-electron chi connectivity index (χ1n) is 6.59. The third-order valence-electron chi connectivity index (χ3n) is 3.45. The Bertz CT molecular complexity index is 619. The van der Waals surface area contributed by atoms with E-state index in [-0.39, 0.29) is 11.9 Å². The maximum atomic E-state index is 12.6. The number of hydrogen-bond acceptors (Lipinski definition) is 4. The predicted octanol–water partition coefficient (Wildman–Crippen LogP) is 2.25. The number of hydrogen-bond donors (Lipinski definition) is 0. The van der Waals surface area contributed by atoms with E-state index >= 15 is 0 Å². The van der Waals surface area contributed by atoms with E-state index in [1.807, 2.05) is 49.1 Å². The highest BCUT2D eigenvalue weighted by molar-refractivity contribution is 7.99. The monoisotopic (exact) mass is 291 g/mol. The number of rotatable bonds is 2. The zero-order chi connectivity index (χ0) is 14.1. The van der Waals surface area contributed by atoms with Crippen LogP contribution in [0.15, 0.2) is 28.9 Å². The Balaban J connectivity index is 1.87. The van der Waals surface area contributed by atoms with Crippen molar-refractivity contribution in [2.75, 3.05) is 18.1 Å². The number of aromatic nitrogens is 2. The summed E-state index contributed by atoms with van der Waals surface area (Å²) in [4.78, 5) is 14.5. The van der Waals surface area contributed by atoms with Crippen molar-refractivity contribution in [3.05, 3.63) is 41.6 Å². The Morgan fingerprint density at radius 1 is 1.50 bits per heavy atom. The van der Waals surface area contributed by atoms with Crippen LogP contribution in [0.4, 0.5) is 0 Å². The smallest absolute Gasteiger partial charge is 0.290 e. The number of furan rings is 1. The maximum Gasteiger partial charge on any atom is 0.290 e. The summed E-state index contributed by atoms with van der Waals surface area (Å²) in [5, 5.41) is 4.21. The first-order chi connectivity index (χ1) is 9.65. The van der Waals surface area contributed by atoms with Gasteiger partial charge in [-0.15, -0.1) is 0 Å². The molecule has 0 N–H and O–H groups in total. The van der Waals surface area contributed by atoms with E-state index in [1.54, 1.807) is 10.7 Å². The molecule has 1 saturated heterocycles. The molecule has 106 valence electrons. The fraction of sp³-hybridized carbons (Fsp3) is 0.429. The molecule has 6 heteroatoms. The maximum absolute atomic E-state index is 12.6. The van der Waals surface area contributed by atoms with Crippen molar-refractivity contribution in [2.45, 2.75) is 13.0 Å². The van der Waals surface area contributed by atoms with Gasteiger partial charge in [0.1, 0.15) is 5.76 Å². The molecule has 0 spiro atoms. The molecule has 1 atom stereocenters. The molecule has 1 aliphatic heterocycles. The van der Waals surface area contributed by atoms with Crippen molar-refractivity contribution in [3.63, 3.8) is 0 Å². The number of thioether (sulfide) groups is 1. The average Bonchev–Trinajstić information content (AvgIpc) is 3.07. The molecule has 1 fully saturated rings. The van der Waals surface area contributed by atoms with E-state index in [1.165, 1.54) is 0 Å². The average molecular weight is 291 g/mol. The lowest BCUT2D eigenvalue weighted by Crippen LogP contribution is -2.40. The minimum atomic E-state index is -0.0350. The van der Waals surface area contributed by atoms with Crippen molar-refractivity contribution in [1.29, 1.82) is 0 Å². The zero-order valence-corrected chi connectivity index (χ0v) is 12.4. The van der Waals surface area contributed by atoms with Crippen LogP contribution < -0.4 is 0 Å². The minimum absolute atomic E-state index is 0.0350. The van der Waals surface area contributed by atoms with Crippen LogP contribution in [0.5, 0.6) is 0 Å². The molecule has 0 radical (unpaired) electrons. The molecule has 0 aromatic carbocycles. The van der Waals surface area contributed by atoms with Crippen molar-refractivity contribution in [1.82, 2.24) is 14.7 Å². The molecular weight excluding hydrogens is 274 g/mol. The second-order valence-electron chi connectivity index (χ2n) is 4.95. The van der Waals surface area contributed by atoms with Crippen LogP contribution in [-0.4, -0.2) is 38.6 Å². The van der Waals surface area contributed by atoms with Gasteiger partial charge >= 0.3 is 0 Å². The van der Waals surface area contributed by atoms with Gasteiger partial charge in [-0.3, -0.25) is 9.48 Å². The molecule has 2 aromatic rings.